The molecule has 12 heteroatoms. The van der Waals surface area contributed by atoms with Crippen LogP contribution in [0.1, 0.15) is 0 Å². The molecule has 0 aliphatic carbocycles. The van der Waals surface area contributed by atoms with E-state index in [1.165, 1.54) is 0 Å². The van der Waals surface area contributed by atoms with E-state index >= 15 is 19.2 Å². The second kappa shape index (κ2) is 16.7. The summed E-state index contributed by atoms with van der Waals surface area (Å²) in [6, 6.07) is 79.3. The summed E-state index contributed by atoms with van der Waals surface area (Å²) in [5.41, 5.74) is 9.40. The molecule has 8 aromatic heterocycles. The van der Waals surface area contributed by atoms with Gasteiger partial charge >= 0.3 is 0 Å². The summed E-state index contributed by atoms with van der Waals surface area (Å²) in [4.78, 5) is 82.7. The molecule has 0 atom stereocenters. The molecule has 0 aliphatic rings. The maximum absolute atomic E-state index is 16.6. The smallest absolute Gasteiger partial charge is 0.264 e. The van der Waals surface area contributed by atoms with Crippen molar-refractivity contribution in [2.45, 2.75) is 0 Å². The van der Waals surface area contributed by atoms with E-state index in [9.17, 15) is 0 Å². The molecule has 0 unspecified atom stereocenters. The van der Waals surface area contributed by atoms with Gasteiger partial charge in [-0.2, -0.15) is 0 Å². The summed E-state index contributed by atoms with van der Waals surface area (Å²) in [6.07, 6.45) is 0. The minimum Gasteiger partial charge on any atom is -0.339 e. The van der Waals surface area contributed by atoms with Crippen molar-refractivity contribution in [2.75, 3.05) is 0 Å². The van der Waals surface area contributed by atoms with Gasteiger partial charge in [0.2, 0.25) is 0 Å². The van der Waals surface area contributed by atoms with Crippen LogP contribution in [-0.2, 0) is 0 Å². The van der Waals surface area contributed by atoms with Crippen LogP contribution in [0.2, 0.25) is 0 Å². The number of nitrogens with one attached hydrogen (secondary N) is 2. The molecular formula is C88H40N8O4. The Morgan fingerprint density at radius 1 is 0.230 bits per heavy atom. The third kappa shape index (κ3) is 5.68. The zero-order chi connectivity index (χ0) is 64.9. The van der Waals surface area contributed by atoms with Gasteiger partial charge in [0.15, 0.2) is 0 Å². The second-order valence-corrected chi connectivity index (χ2v) is 27.8. The number of H-pyrrole nitrogens is 2. The third-order valence-electron chi connectivity index (χ3n) is 23.2. The average Bonchev–Trinajstić information content (AvgIpc) is 0.961. The molecule has 0 bridgehead atoms. The fraction of sp³-hybridized carbons (Fsp3) is 0. The highest BCUT2D eigenvalue weighted by atomic mass is 16.1. The SMILES string of the molecule is O=c1c2ccc3c4ccc5c6c(cc(-c7cc8c(=O)n9c%10cc%11ccccc%11cc%10[nH]c9c9ccc%10c%11ccc%12c%13c(ccc(c7c%10c89)c%11%13)c(=O)n7c8cc9ccccc9cc8[nH]c%127)c(c7ccc(c2c37)c2nc3cc7ccccc7cc3n12)c46)c(=O)n1c2cc3ccccc3cc2nc51. The number of aromatic amines is 2. The summed E-state index contributed by atoms with van der Waals surface area (Å²) in [5, 5.41) is 27.8. The van der Waals surface area contributed by atoms with Crippen molar-refractivity contribution in [3.8, 4) is 11.1 Å². The van der Waals surface area contributed by atoms with Gasteiger partial charge in [-0.15, -0.1) is 0 Å². The molecule has 26 aromatic rings. The number of pyridine rings is 4. The molecule has 18 aromatic carbocycles. The van der Waals surface area contributed by atoms with E-state index in [2.05, 4.69) is 180 Å². The quantitative estimate of drug-likeness (QED) is 0.124. The molecule has 0 amide bonds. The van der Waals surface area contributed by atoms with Gasteiger partial charge in [0, 0.05) is 64.6 Å². The topological polar surface area (TPSA) is 143 Å². The number of hydrogen-bond acceptors (Lipinski definition) is 6. The maximum atomic E-state index is 16.6. The number of benzene rings is 18. The van der Waals surface area contributed by atoms with Crippen LogP contribution in [0.25, 0.3) is 250 Å². The number of rotatable bonds is 1. The molecule has 456 valence electrons. The third-order valence-corrected chi connectivity index (χ3v) is 23.2. The highest BCUT2D eigenvalue weighted by Gasteiger charge is 2.31. The average molecular weight is 1270 g/mol. The lowest BCUT2D eigenvalue weighted by Gasteiger charge is -2.24. The summed E-state index contributed by atoms with van der Waals surface area (Å²) in [5.74, 6) is 0. The molecular weight excluding hydrogens is 1230 g/mol. The first kappa shape index (κ1) is 50.6. The van der Waals surface area contributed by atoms with E-state index in [1.807, 2.05) is 69.5 Å². The van der Waals surface area contributed by atoms with Crippen LogP contribution in [0, 0.1) is 0 Å². The van der Waals surface area contributed by atoms with Crippen molar-refractivity contribution in [3.05, 3.63) is 272 Å². The first-order valence-corrected chi connectivity index (χ1v) is 33.7. The van der Waals surface area contributed by atoms with Crippen molar-refractivity contribution in [2.24, 2.45) is 0 Å². The maximum Gasteiger partial charge on any atom is 0.264 e. The van der Waals surface area contributed by atoms with E-state index in [1.54, 1.807) is 8.80 Å². The summed E-state index contributed by atoms with van der Waals surface area (Å²) in [7, 11) is 0. The zero-order valence-electron chi connectivity index (χ0n) is 52.3. The van der Waals surface area contributed by atoms with E-state index < -0.39 is 0 Å². The van der Waals surface area contributed by atoms with Gasteiger partial charge in [0.05, 0.1) is 44.1 Å². The largest absolute Gasteiger partial charge is 0.339 e. The number of hydrogen-bond donors (Lipinski definition) is 2. The van der Waals surface area contributed by atoms with Crippen LogP contribution < -0.4 is 22.2 Å². The fourth-order valence-electron chi connectivity index (χ4n) is 19.1. The van der Waals surface area contributed by atoms with E-state index in [0.29, 0.717) is 55.2 Å². The Bertz CT molecular complexity index is 8320. The summed E-state index contributed by atoms with van der Waals surface area (Å²) >= 11 is 0. The minimum absolute atomic E-state index is 0.133. The molecule has 0 saturated carbocycles. The van der Waals surface area contributed by atoms with E-state index in [-0.39, 0.29) is 22.2 Å². The summed E-state index contributed by atoms with van der Waals surface area (Å²) < 4.78 is 7.26. The molecule has 2 N–H and O–H groups in total. The molecule has 12 nitrogen and oxygen atoms in total. The van der Waals surface area contributed by atoms with Gasteiger partial charge in [-0.05, 0) is 204 Å². The molecule has 0 saturated heterocycles. The van der Waals surface area contributed by atoms with Gasteiger partial charge in [-0.1, -0.05) is 146 Å². The molecule has 26 rings (SSSR count). The number of nitrogens with zero attached hydrogens (tertiary/aromatic N) is 6. The van der Waals surface area contributed by atoms with Gasteiger partial charge in [0.1, 0.15) is 22.6 Å². The highest BCUT2D eigenvalue weighted by molar-refractivity contribution is 6.47. The van der Waals surface area contributed by atoms with Gasteiger partial charge in [-0.25, -0.2) is 9.97 Å². The van der Waals surface area contributed by atoms with Crippen molar-refractivity contribution in [3.63, 3.8) is 0 Å². The van der Waals surface area contributed by atoms with Crippen LogP contribution >= 0.6 is 0 Å². The van der Waals surface area contributed by atoms with Crippen LogP contribution in [0.5, 0.6) is 0 Å². The monoisotopic (exact) mass is 1270 g/mol. The van der Waals surface area contributed by atoms with Crippen molar-refractivity contribution in [1.82, 2.24) is 37.5 Å². The Balaban J connectivity index is 0.896. The van der Waals surface area contributed by atoms with Crippen LogP contribution in [-0.4, -0.2) is 37.5 Å². The molecule has 0 radical (unpaired) electrons. The molecule has 0 spiro atoms. The van der Waals surface area contributed by atoms with E-state index in [4.69, 9.17) is 9.97 Å². The van der Waals surface area contributed by atoms with E-state index in [0.717, 1.165) is 195 Å². The molecule has 8 heterocycles. The Hall–Kier alpha value is -13.8. The Labute approximate surface area is 556 Å². The number of imidazole rings is 4. The highest BCUT2D eigenvalue weighted by Crippen LogP contribution is 2.54. The van der Waals surface area contributed by atoms with Crippen LogP contribution in [0.15, 0.2) is 250 Å². The van der Waals surface area contributed by atoms with Gasteiger partial charge in [0.25, 0.3) is 22.2 Å². The Morgan fingerprint density at radius 2 is 0.520 bits per heavy atom. The molecule has 0 fully saturated rings. The lowest BCUT2D eigenvalue weighted by molar-refractivity contribution is 1.19. The predicted molar refractivity (Wildman–Crippen MR) is 411 cm³/mol. The van der Waals surface area contributed by atoms with Crippen LogP contribution in [0.3, 0.4) is 0 Å². The Morgan fingerprint density at radius 3 is 0.960 bits per heavy atom. The lowest BCUT2D eigenvalue weighted by atomic mass is 9.79. The lowest BCUT2D eigenvalue weighted by Crippen LogP contribution is -2.15. The molecule has 100 heavy (non-hydrogen) atoms. The molecule has 0 aliphatic heterocycles. The number of fused-ring (bicyclic) bond motifs is 24. The zero-order valence-corrected chi connectivity index (χ0v) is 52.3. The first-order chi connectivity index (χ1) is 49.2. The summed E-state index contributed by atoms with van der Waals surface area (Å²) in [6.45, 7) is 0. The second-order valence-electron chi connectivity index (χ2n) is 27.8. The van der Waals surface area contributed by atoms with Crippen molar-refractivity contribution < 1.29 is 0 Å². The normalized spacial score (nSPS) is 13.2. The first-order valence-electron chi connectivity index (χ1n) is 33.7. The van der Waals surface area contributed by atoms with Crippen LogP contribution in [0.4, 0.5) is 0 Å². The van der Waals surface area contributed by atoms with Crippen molar-refractivity contribution >= 4 is 239 Å². The minimum atomic E-state index is -0.221. The van der Waals surface area contributed by atoms with Gasteiger partial charge in [-0.3, -0.25) is 36.8 Å². The Kier molecular flexibility index (Phi) is 8.44. The standard InChI is InChI=1S/C88H40N8O4/c97-85-57-27-20-48-50-19-25-56-78-61(87(99)96-70-36-46-16-8-4-12-42(46)32-66(70)92-84(56)96)37-59(73(80(50)78)51-21-26-54(76(57)72(48)51)82-90-64-30-40-10-2-6-14-44(40)34-68(64)94(82)85)60-38-62-77-55(83-91-65-31-41-11-3-7-15-45(41)35-69(65)95(83)88(62)100)24-18-49-47-17-23-53-75-58(28-22-52(71(47)75)74(60)79(49)77)86(98)93-67-33-43-13-5-1-9-39(43)29-63(67)89-81(53)93/h1-38,89,91H. The van der Waals surface area contributed by atoms with Crippen molar-refractivity contribution in [1.29, 1.82) is 0 Å². The predicted octanol–water partition coefficient (Wildman–Crippen LogP) is 19.5. The van der Waals surface area contributed by atoms with Gasteiger partial charge < -0.3 is 9.97 Å². The number of aromatic nitrogens is 8. The fourth-order valence-corrected chi connectivity index (χ4v) is 19.1.